The molecule has 0 saturated carbocycles. The molecule has 236 valence electrons. The van der Waals surface area contributed by atoms with Crippen LogP contribution in [0.3, 0.4) is 0 Å². The average molecular weight is 598 g/mol. The molecular formula is C33H47N3O7. The minimum atomic E-state index is -1.11. The van der Waals surface area contributed by atoms with Crippen molar-refractivity contribution in [1.29, 1.82) is 0 Å². The monoisotopic (exact) mass is 597 g/mol. The molecule has 2 atom stereocenters. The smallest absolute Gasteiger partial charge is 0.408 e. The molecule has 0 spiro atoms. The van der Waals surface area contributed by atoms with Gasteiger partial charge < -0.3 is 30.1 Å². The molecule has 3 N–H and O–H groups in total. The summed E-state index contributed by atoms with van der Waals surface area (Å²) in [5.41, 5.74) is 1.40. The number of esters is 1. The van der Waals surface area contributed by atoms with Crippen molar-refractivity contribution in [1.82, 2.24) is 15.5 Å². The molecule has 0 saturated heterocycles. The normalized spacial score (nSPS) is 13.0. The number of alkyl carbamates (subject to hydrolysis) is 1. The second kappa shape index (κ2) is 14.9. The van der Waals surface area contributed by atoms with Crippen LogP contribution in [0.25, 0.3) is 0 Å². The molecule has 43 heavy (non-hydrogen) atoms. The Morgan fingerprint density at radius 1 is 0.930 bits per heavy atom. The average Bonchev–Trinajstić information content (AvgIpc) is 2.85. The number of carbonyl (C=O) groups is 4. The zero-order valence-corrected chi connectivity index (χ0v) is 26.9. The summed E-state index contributed by atoms with van der Waals surface area (Å²) in [6, 6.07) is 9.81. The molecule has 2 unspecified atom stereocenters. The number of benzene rings is 2. The highest BCUT2D eigenvalue weighted by molar-refractivity contribution is 5.93. The second-order valence-corrected chi connectivity index (χ2v) is 12.6. The van der Waals surface area contributed by atoms with Crippen LogP contribution < -0.4 is 10.6 Å². The Hall–Kier alpha value is -4.08. The molecule has 2 aromatic rings. The Labute approximate surface area is 255 Å². The Balaban J connectivity index is 2.60. The summed E-state index contributed by atoms with van der Waals surface area (Å²) in [6.45, 7) is 16.4. The van der Waals surface area contributed by atoms with Crippen molar-refractivity contribution in [2.24, 2.45) is 0 Å². The fourth-order valence-electron chi connectivity index (χ4n) is 4.73. The number of nitrogens with one attached hydrogen (secondary N) is 2. The van der Waals surface area contributed by atoms with Crippen molar-refractivity contribution >= 4 is 23.9 Å². The van der Waals surface area contributed by atoms with Gasteiger partial charge in [0.05, 0.1) is 13.0 Å². The van der Waals surface area contributed by atoms with Crippen LogP contribution in [-0.2, 0) is 30.3 Å². The highest BCUT2D eigenvalue weighted by atomic mass is 16.6. The first-order valence-corrected chi connectivity index (χ1v) is 14.5. The maximum Gasteiger partial charge on any atom is 0.408 e. The quantitative estimate of drug-likeness (QED) is 0.314. The molecule has 2 rings (SSSR count). The number of carbonyl (C=O) groups excluding carboxylic acids is 4. The summed E-state index contributed by atoms with van der Waals surface area (Å²) in [4.78, 5) is 54.9. The summed E-state index contributed by atoms with van der Waals surface area (Å²) in [5.74, 6) is -1.35. The third-order valence-electron chi connectivity index (χ3n) is 6.33. The van der Waals surface area contributed by atoms with Gasteiger partial charge >= 0.3 is 12.1 Å². The van der Waals surface area contributed by atoms with Gasteiger partial charge in [-0.3, -0.25) is 14.4 Å². The van der Waals surface area contributed by atoms with Crippen LogP contribution >= 0.6 is 0 Å². The van der Waals surface area contributed by atoms with E-state index in [-0.39, 0.29) is 31.7 Å². The summed E-state index contributed by atoms with van der Waals surface area (Å²) in [6.07, 6.45) is -0.721. The third-order valence-corrected chi connectivity index (χ3v) is 6.33. The van der Waals surface area contributed by atoms with E-state index < -0.39 is 47.1 Å². The van der Waals surface area contributed by atoms with Crippen LogP contribution in [0.15, 0.2) is 42.5 Å². The lowest BCUT2D eigenvalue weighted by molar-refractivity contribution is -0.149. The van der Waals surface area contributed by atoms with Crippen LogP contribution in [-0.4, -0.2) is 64.2 Å². The van der Waals surface area contributed by atoms with E-state index in [9.17, 15) is 24.3 Å². The molecule has 0 heterocycles. The first-order valence-electron chi connectivity index (χ1n) is 14.5. The second-order valence-electron chi connectivity index (χ2n) is 12.6. The SMILES string of the molecule is CCOC(=O)CCNC(=O)C(c1cc(C)cc(C)c1)N(C(=O)C(Cc1ccc(O)cc1)NC(=O)OC(C)(C)C)C(C)(C)C. The van der Waals surface area contributed by atoms with Gasteiger partial charge in [-0.05, 0) is 85.6 Å². The topological polar surface area (TPSA) is 134 Å². The van der Waals surface area contributed by atoms with E-state index in [1.165, 1.54) is 17.0 Å². The Morgan fingerprint density at radius 2 is 1.51 bits per heavy atom. The fraction of sp³-hybridized carbons (Fsp3) is 0.515. The lowest BCUT2D eigenvalue weighted by Gasteiger charge is -2.43. The van der Waals surface area contributed by atoms with Crippen molar-refractivity contribution in [3.63, 3.8) is 0 Å². The molecule has 0 fully saturated rings. The number of amides is 3. The van der Waals surface area contributed by atoms with Crippen molar-refractivity contribution < 1.29 is 33.8 Å². The molecule has 3 amide bonds. The highest BCUT2D eigenvalue weighted by Gasteiger charge is 2.42. The number of aryl methyl sites for hydroxylation is 2. The molecule has 0 aliphatic rings. The van der Waals surface area contributed by atoms with Crippen molar-refractivity contribution in [3.8, 4) is 5.75 Å². The lowest BCUT2D eigenvalue weighted by Crippen LogP contribution is -2.59. The summed E-state index contributed by atoms with van der Waals surface area (Å²) < 4.78 is 10.5. The lowest BCUT2D eigenvalue weighted by atomic mass is 9.92. The molecule has 10 nitrogen and oxygen atoms in total. The zero-order valence-electron chi connectivity index (χ0n) is 26.9. The summed E-state index contributed by atoms with van der Waals surface area (Å²) >= 11 is 0. The minimum Gasteiger partial charge on any atom is -0.508 e. The van der Waals surface area contributed by atoms with Crippen LogP contribution in [0.5, 0.6) is 5.75 Å². The van der Waals surface area contributed by atoms with Gasteiger partial charge in [-0.25, -0.2) is 4.79 Å². The van der Waals surface area contributed by atoms with Gasteiger partial charge in [0, 0.05) is 18.5 Å². The zero-order chi connectivity index (χ0) is 32.5. The molecule has 0 aliphatic heterocycles. The maximum atomic E-state index is 14.6. The Morgan fingerprint density at radius 3 is 2.02 bits per heavy atom. The van der Waals surface area contributed by atoms with E-state index in [2.05, 4.69) is 10.6 Å². The number of nitrogens with zero attached hydrogens (tertiary/aromatic N) is 1. The van der Waals surface area contributed by atoms with Gasteiger partial charge in [0.15, 0.2) is 0 Å². The molecule has 0 bridgehead atoms. The van der Waals surface area contributed by atoms with E-state index in [1.54, 1.807) is 39.8 Å². The Kier molecular flexibility index (Phi) is 12.2. The van der Waals surface area contributed by atoms with Crippen LogP contribution in [0.4, 0.5) is 4.79 Å². The van der Waals surface area contributed by atoms with E-state index in [0.717, 1.165) is 11.1 Å². The first-order chi connectivity index (χ1) is 19.9. The molecular weight excluding hydrogens is 550 g/mol. The molecule has 0 aromatic heterocycles. The van der Waals surface area contributed by atoms with Gasteiger partial charge in [-0.1, -0.05) is 41.5 Å². The first kappa shape index (κ1) is 35.1. The number of hydrogen-bond donors (Lipinski definition) is 3. The molecule has 0 aliphatic carbocycles. The van der Waals surface area contributed by atoms with Gasteiger partial charge in [-0.2, -0.15) is 0 Å². The third kappa shape index (κ3) is 11.3. The minimum absolute atomic E-state index is 0.0215. The molecule has 2 aromatic carbocycles. The van der Waals surface area contributed by atoms with Gasteiger partial charge in [-0.15, -0.1) is 0 Å². The number of rotatable bonds is 11. The van der Waals surface area contributed by atoms with Crippen molar-refractivity contribution in [2.75, 3.05) is 13.2 Å². The Bertz CT molecular complexity index is 1260. The number of ether oxygens (including phenoxy) is 2. The van der Waals surface area contributed by atoms with E-state index in [0.29, 0.717) is 11.1 Å². The van der Waals surface area contributed by atoms with Crippen LogP contribution in [0, 0.1) is 13.8 Å². The van der Waals surface area contributed by atoms with Crippen LogP contribution in [0.2, 0.25) is 0 Å². The van der Waals surface area contributed by atoms with Crippen LogP contribution in [0.1, 0.15) is 83.2 Å². The number of hydrogen-bond acceptors (Lipinski definition) is 7. The van der Waals surface area contributed by atoms with Gasteiger partial charge in [0.2, 0.25) is 11.8 Å². The van der Waals surface area contributed by atoms with E-state index in [1.807, 2.05) is 52.8 Å². The van der Waals surface area contributed by atoms with Crippen molar-refractivity contribution in [3.05, 3.63) is 64.7 Å². The summed E-state index contributed by atoms with van der Waals surface area (Å²) in [7, 11) is 0. The number of aromatic hydroxyl groups is 1. The van der Waals surface area contributed by atoms with Gasteiger partial charge in [0.1, 0.15) is 23.4 Å². The van der Waals surface area contributed by atoms with Gasteiger partial charge in [0.25, 0.3) is 0 Å². The molecule has 0 radical (unpaired) electrons. The summed E-state index contributed by atoms with van der Waals surface area (Å²) in [5, 5.41) is 15.3. The number of phenols is 1. The fourth-order valence-corrected chi connectivity index (χ4v) is 4.73. The predicted octanol–water partition coefficient (Wildman–Crippen LogP) is 4.88. The molecule has 10 heteroatoms. The highest BCUT2D eigenvalue weighted by Crippen LogP contribution is 2.32. The predicted molar refractivity (Wildman–Crippen MR) is 164 cm³/mol. The standard InChI is InChI=1S/C33H47N3O7/c1-10-42-27(38)15-16-34-29(39)28(24-18-21(2)17-22(3)19-24)36(32(4,5)6)30(40)26(35-31(41)43-33(7,8)9)20-23-11-13-25(37)14-12-23/h11-14,17-19,26,28,37H,10,15-16,20H2,1-9H3,(H,34,39)(H,35,41). The van der Waals surface area contributed by atoms with E-state index >= 15 is 0 Å². The van der Waals surface area contributed by atoms with E-state index in [4.69, 9.17) is 9.47 Å². The largest absolute Gasteiger partial charge is 0.508 e. The van der Waals surface area contributed by atoms with Crippen molar-refractivity contribution in [2.45, 2.75) is 98.4 Å². The number of phenolic OH excluding ortho intramolecular Hbond substituents is 1. The maximum absolute atomic E-state index is 14.6.